The molecule has 1 aromatic rings. The number of nitrogens with zero attached hydrogens (tertiary/aromatic N) is 1. The highest BCUT2D eigenvalue weighted by Gasteiger charge is 2.20. The summed E-state index contributed by atoms with van der Waals surface area (Å²) < 4.78 is 0. The van der Waals surface area contributed by atoms with Gasteiger partial charge in [0.1, 0.15) is 6.04 Å². The van der Waals surface area contributed by atoms with Crippen LogP contribution < -0.4 is 10.6 Å². The first-order valence-electron chi connectivity index (χ1n) is 13.1. The minimum atomic E-state index is -1.21. The Balaban J connectivity index is 2.14. The fourth-order valence-corrected chi connectivity index (χ4v) is 3.11. The molecule has 0 fully saturated rings. The third-order valence-electron chi connectivity index (χ3n) is 5.16. The number of rotatable bonds is 19. The van der Waals surface area contributed by atoms with Crippen molar-refractivity contribution in [2.24, 2.45) is 0 Å². The van der Waals surface area contributed by atoms with Crippen molar-refractivity contribution in [3.8, 4) is 0 Å². The Morgan fingerprint density at radius 3 is 1.84 bits per heavy atom. The second-order valence-corrected chi connectivity index (χ2v) is 8.36. The molecule has 1 heterocycles. The van der Waals surface area contributed by atoms with Crippen LogP contribution in [0.5, 0.6) is 0 Å². The van der Waals surface area contributed by atoms with Gasteiger partial charge < -0.3 is 15.7 Å². The average Bonchev–Trinajstić information content (AvgIpc) is 2.92. The van der Waals surface area contributed by atoms with Crippen LogP contribution in [0.1, 0.15) is 68.6 Å². The molecule has 38 heavy (non-hydrogen) atoms. The minimum absolute atomic E-state index is 0.169. The third kappa shape index (κ3) is 17.4. The van der Waals surface area contributed by atoms with E-state index in [-0.39, 0.29) is 18.9 Å². The molecule has 0 aromatic carbocycles. The highest BCUT2D eigenvalue weighted by molar-refractivity contribution is 5.94. The lowest BCUT2D eigenvalue weighted by atomic mass is 10.2. The van der Waals surface area contributed by atoms with E-state index in [1.165, 1.54) is 12.4 Å². The molecule has 1 unspecified atom stereocenters. The number of hydrogen-bond acceptors (Lipinski definition) is 4. The van der Waals surface area contributed by atoms with Gasteiger partial charge in [0.25, 0.3) is 5.91 Å². The third-order valence-corrected chi connectivity index (χ3v) is 5.16. The number of nitrogens with one attached hydrogen (secondary N) is 2. The molecule has 0 saturated heterocycles. The summed E-state index contributed by atoms with van der Waals surface area (Å²) in [6, 6.07) is 1.98. The lowest BCUT2D eigenvalue weighted by Crippen LogP contribution is -2.48. The van der Waals surface area contributed by atoms with Crippen molar-refractivity contribution in [1.82, 2.24) is 15.6 Å². The first kappa shape index (κ1) is 32.0. The number of carboxylic acids is 1. The predicted octanol–water partition coefficient (Wildman–Crippen LogP) is 5.86. The van der Waals surface area contributed by atoms with Gasteiger partial charge in [0, 0.05) is 25.4 Å². The van der Waals surface area contributed by atoms with Crippen LogP contribution in [-0.2, 0) is 9.59 Å². The lowest BCUT2D eigenvalue weighted by molar-refractivity contribution is -0.141. The number of pyridine rings is 1. The number of amides is 2. The molecule has 1 atom stereocenters. The molecule has 1 rings (SSSR count). The SMILES string of the molecule is CC/C=C\C/C=C\C/C=C\C/C=C\C/C=C\C/C=C\CCC(=O)NC(CNC(=O)c1cccnc1)C(=O)O. The standard InChI is InChI=1S/C31H41N3O4/c1-2-3-4-5-6-7-8-9-10-11-12-13-14-15-16-17-18-19-20-23-29(35)34-28(31(37)38)26-33-30(36)27-22-21-24-32-25-27/h3-4,6-7,9-10,12-13,15-16,18-19,21-22,24-25,28H,2,5,8,11,14,17,20,23,26H2,1H3,(H,33,36)(H,34,35)(H,37,38)/b4-3-,7-6-,10-9-,13-12-,16-15-,19-18-. The maximum Gasteiger partial charge on any atom is 0.328 e. The van der Waals surface area contributed by atoms with Crippen LogP contribution in [0.3, 0.4) is 0 Å². The Kier molecular flexibility index (Phi) is 18.7. The molecular formula is C31H41N3O4. The van der Waals surface area contributed by atoms with Gasteiger partial charge in [-0.25, -0.2) is 4.79 Å². The fourth-order valence-electron chi connectivity index (χ4n) is 3.11. The van der Waals surface area contributed by atoms with Crippen LogP contribution in [0, 0.1) is 0 Å². The van der Waals surface area contributed by atoms with Crippen LogP contribution in [0.2, 0.25) is 0 Å². The molecule has 0 radical (unpaired) electrons. The molecule has 0 saturated carbocycles. The van der Waals surface area contributed by atoms with Crippen molar-refractivity contribution in [3.63, 3.8) is 0 Å². The van der Waals surface area contributed by atoms with Crippen molar-refractivity contribution < 1.29 is 19.5 Å². The van der Waals surface area contributed by atoms with Crippen LogP contribution >= 0.6 is 0 Å². The summed E-state index contributed by atoms with van der Waals surface area (Å²) in [4.78, 5) is 39.4. The number of carbonyl (C=O) groups excluding carboxylic acids is 2. The zero-order valence-electron chi connectivity index (χ0n) is 22.3. The summed E-state index contributed by atoms with van der Waals surface area (Å²) in [6.07, 6.45) is 34.6. The normalized spacial score (nSPS) is 13.0. The van der Waals surface area contributed by atoms with E-state index in [9.17, 15) is 19.5 Å². The molecular weight excluding hydrogens is 478 g/mol. The topological polar surface area (TPSA) is 108 Å². The zero-order valence-corrected chi connectivity index (χ0v) is 22.3. The second kappa shape index (κ2) is 22.2. The average molecular weight is 520 g/mol. The summed E-state index contributed by atoms with van der Waals surface area (Å²) >= 11 is 0. The van der Waals surface area contributed by atoms with Crippen molar-refractivity contribution in [2.45, 2.75) is 64.3 Å². The number of aliphatic carboxylic acids is 1. The Morgan fingerprint density at radius 2 is 1.37 bits per heavy atom. The molecule has 2 amide bonds. The summed E-state index contributed by atoms with van der Waals surface area (Å²) in [5, 5.41) is 14.3. The number of hydrogen-bond donors (Lipinski definition) is 3. The summed E-state index contributed by atoms with van der Waals surface area (Å²) in [6.45, 7) is 1.92. The van der Waals surface area contributed by atoms with Crippen molar-refractivity contribution in [1.29, 1.82) is 0 Å². The summed E-state index contributed by atoms with van der Waals surface area (Å²) in [5.41, 5.74) is 0.320. The highest BCUT2D eigenvalue weighted by Crippen LogP contribution is 1.99. The van der Waals surface area contributed by atoms with Gasteiger partial charge in [0.2, 0.25) is 5.91 Å². The molecule has 7 nitrogen and oxygen atoms in total. The first-order chi connectivity index (χ1) is 18.5. The Morgan fingerprint density at radius 1 is 0.842 bits per heavy atom. The molecule has 0 aliphatic carbocycles. The number of carboxylic acid groups (broad SMARTS) is 1. The first-order valence-corrected chi connectivity index (χ1v) is 13.1. The zero-order chi connectivity index (χ0) is 27.7. The lowest BCUT2D eigenvalue weighted by Gasteiger charge is -2.15. The monoisotopic (exact) mass is 519 g/mol. The van der Waals surface area contributed by atoms with Crippen molar-refractivity contribution in [2.75, 3.05) is 6.54 Å². The van der Waals surface area contributed by atoms with Gasteiger partial charge >= 0.3 is 5.97 Å². The smallest absolute Gasteiger partial charge is 0.328 e. The Labute approximate surface area is 226 Å². The predicted molar refractivity (Wildman–Crippen MR) is 154 cm³/mol. The van der Waals surface area contributed by atoms with Crippen LogP contribution in [-0.4, -0.2) is 40.5 Å². The molecule has 0 bridgehead atoms. The van der Waals surface area contributed by atoms with Gasteiger partial charge in [-0.1, -0.05) is 79.8 Å². The van der Waals surface area contributed by atoms with E-state index in [1.807, 2.05) is 12.2 Å². The van der Waals surface area contributed by atoms with Gasteiger partial charge in [-0.15, -0.1) is 0 Å². The maximum absolute atomic E-state index is 12.1. The molecule has 0 aliphatic rings. The van der Waals surface area contributed by atoms with Gasteiger partial charge in [-0.2, -0.15) is 0 Å². The minimum Gasteiger partial charge on any atom is -0.480 e. The van der Waals surface area contributed by atoms with E-state index in [0.717, 1.165) is 38.5 Å². The highest BCUT2D eigenvalue weighted by atomic mass is 16.4. The second-order valence-electron chi connectivity index (χ2n) is 8.36. The van der Waals surface area contributed by atoms with Gasteiger partial charge in [-0.05, 0) is 57.1 Å². The molecule has 0 aliphatic heterocycles. The summed E-state index contributed by atoms with van der Waals surface area (Å²) in [7, 11) is 0. The van der Waals surface area contributed by atoms with E-state index in [2.05, 4.69) is 83.3 Å². The fraction of sp³-hybridized carbons (Fsp3) is 0.355. The summed E-state index contributed by atoms with van der Waals surface area (Å²) in [5.74, 6) is -2.04. The van der Waals surface area contributed by atoms with Gasteiger partial charge in [-0.3, -0.25) is 14.6 Å². The van der Waals surface area contributed by atoms with E-state index in [0.29, 0.717) is 12.0 Å². The Bertz CT molecular complexity index is 992. The molecule has 1 aromatic heterocycles. The van der Waals surface area contributed by atoms with Crippen molar-refractivity contribution >= 4 is 17.8 Å². The quantitative estimate of drug-likeness (QED) is 0.198. The number of carbonyl (C=O) groups is 3. The van der Waals surface area contributed by atoms with Crippen LogP contribution in [0.4, 0.5) is 0 Å². The maximum atomic E-state index is 12.1. The molecule has 7 heteroatoms. The van der Waals surface area contributed by atoms with E-state index in [4.69, 9.17) is 0 Å². The molecule has 0 spiro atoms. The van der Waals surface area contributed by atoms with Gasteiger partial charge in [0.05, 0.1) is 5.56 Å². The van der Waals surface area contributed by atoms with Gasteiger partial charge in [0.15, 0.2) is 0 Å². The molecule has 204 valence electrons. The van der Waals surface area contributed by atoms with Crippen molar-refractivity contribution in [3.05, 3.63) is 103 Å². The van der Waals surface area contributed by atoms with E-state index in [1.54, 1.807) is 12.1 Å². The largest absolute Gasteiger partial charge is 0.480 e. The number of allylic oxidation sites excluding steroid dienone is 12. The Hall–Kier alpha value is -4.00. The number of aromatic nitrogens is 1. The van der Waals surface area contributed by atoms with Crippen LogP contribution in [0.25, 0.3) is 0 Å². The van der Waals surface area contributed by atoms with E-state index >= 15 is 0 Å². The van der Waals surface area contributed by atoms with E-state index < -0.39 is 17.9 Å². The molecule has 3 N–H and O–H groups in total. The van der Waals surface area contributed by atoms with Crippen LogP contribution in [0.15, 0.2) is 97.4 Å².